The third-order valence-electron chi connectivity index (χ3n) is 4.00. The molecule has 0 radical (unpaired) electrons. The summed E-state index contributed by atoms with van der Waals surface area (Å²) in [6.45, 7) is 2.33. The molecule has 1 aromatic rings. The number of hydrogen-bond donors (Lipinski definition) is 1. The SMILES string of the molecule is C1=CCC(CNCC2CSc3ccccc32)CC1. The van der Waals surface area contributed by atoms with Crippen LogP contribution in [0.2, 0.25) is 0 Å². The molecule has 0 saturated heterocycles. The van der Waals surface area contributed by atoms with Crippen molar-refractivity contribution in [2.24, 2.45) is 5.92 Å². The van der Waals surface area contributed by atoms with Gasteiger partial charge >= 0.3 is 0 Å². The van der Waals surface area contributed by atoms with E-state index in [2.05, 4.69) is 41.7 Å². The minimum atomic E-state index is 0.713. The largest absolute Gasteiger partial charge is 0.316 e. The van der Waals surface area contributed by atoms with Gasteiger partial charge in [0.25, 0.3) is 0 Å². The highest BCUT2D eigenvalue weighted by molar-refractivity contribution is 7.99. The predicted octanol–water partition coefficient (Wildman–Crippen LogP) is 3.82. The second-order valence-corrected chi connectivity index (χ2v) is 6.42. The Hall–Kier alpha value is -0.730. The van der Waals surface area contributed by atoms with Crippen molar-refractivity contribution in [2.75, 3.05) is 18.8 Å². The van der Waals surface area contributed by atoms with Crippen LogP contribution in [0.3, 0.4) is 0 Å². The number of allylic oxidation sites excluding steroid dienone is 2. The number of fused-ring (bicyclic) bond motifs is 1. The van der Waals surface area contributed by atoms with Crippen molar-refractivity contribution in [3.63, 3.8) is 0 Å². The van der Waals surface area contributed by atoms with Crippen LogP contribution in [0, 0.1) is 5.92 Å². The van der Waals surface area contributed by atoms with Gasteiger partial charge in [-0.15, -0.1) is 11.8 Å². The molecule has 1 aliphatic heterocycles. The maximum absolute atomic E-state index is 3.69. The Morgan fingerprint density at radius 2 is 2.11 bits per heavy atom. The monoisotopic (exact) mass is 259 g/mol. The van der Waals surface area contributed by atoms with E-state index < -0.39 is 0 Å². The van der Waals surface area contributed by atoms with Crippen LogP contribution in [0.4, 0.5) is 0 Å². The lowest BCUT2D eigenvalue weighted by Gasteiger charge is -2.19. The topological polar surface area (TPSA) is 12.0 Å². The molecule has 0 amide bonds. The van der Waals surface area contributed by atoms with Crippen LogP contribution in [-0.2, 0) is 0 Å². The Morgan fingerprint density at radius 3 is 3.00 bits per heavy atom. The number of hydrogen-bond acceptors (Lipinski definition) is 2. The number of thioether (sulfide) groups is 1. The third kappa shape index (κ3) is 2.81. The molecular weight excluding hydrogens is 238 g/mol. The van der Waals surface area contributed by atoms with Gasteiger partial charge in [-0.1, -0.05) is 30.4 Å². The second-order valence-electron chi connectivity index (χ2n) is 5.35. The summed E-state index contributed by atoms with van der Waals surface area (Å²) in [4.78, 5) is 1.49. The molecule has 2 aliphatic rings. The lowest BCUT2D eigenvalue weighted by molar-refractivity contribution is 0.435. The summed E-state index contributed by atoms with van der Waals surface area (Å²) in [6.07, 6.45) is 8.56. The summed E-state index contributed by atoms with van der Waals surface area (Å²) >= 11 is 2.01. The molecule has 1 aliphatic carbocycles. The molecule has 2 heteroatoms. The Kier molecular flexibility index (Phi) is 4.06. The van der Waals surface area contributed by atoms with E-state index in [1.165, 1.54) is 36.5 Å². The molecule has 0 aromatic heterocycles. The summed E-state index contributed by atoms with van der Waals surface area (Å²) in [7, 11) is 0. The first-order valence-corrected chi connectivity index (χ1v) is 7.99. The standard InChI is InChI=1S/C16H21NS/c1-2-6-13(7-3-1)10-17-11-14-12-18-16-9-5-4-8-15(14)16/h1-2,4-5,8-9,13-14,17H,3,6-7,10-12H2. The summed E-state index contributed by atoms with van der Waals surface area (Å²) in [5, 5.41) is 3.69. The van der Waals surface area contributed by atoms with Crippen LogP contribution in [0.15, 0.2) is 41.3 Å². The van der Waals surface area contributed by atoms with E-state index in [-0.39, 0.29) is 0 Å². The smallest absolute Gasteiger partial charge is 0.0108 e. The molecule has 3 rings (SSSR count). The van der Waals surface area contributed by atoms with Crippen molar-refractivity contribution in [2.45, 2.75) is 30.1 Å². The van der Waals surface area contributed by atoms with Crippen LogP contribution >= 0.6 is 11.8 Å². The van der Waals surface area contributed by atoms with Gasteiger partial charge in [-0.05, 0) is 43.4 Å². The summed E-state index contributed by atoms with van der Waals surface area (Å²) in [5.41, 5.74) is 1.55. The number of nitrogens with one attached hydrogen (secondary N) is 1. The third-order valence-corrected chi connectivity index (χ3v) is 5.25. The van der Waals surface area contributed by atoms with Gasteiger partial charge in [0, 0.05) is 23.1 Å². The van der Waals surface area contributed by atoms with E-state index in [0.29, 0.717) is 5.92 Å². The van der Waals surface area contributed by atoms with Gasteiger partial charge in [0.05, 0.1) is 0 Å². The van der Waals surface area contributed by atoms with Crippen LogP contribution in [0.1, 0.15) is 30.7 Å². The summed E-state index contributed by atoms with van der Waals surface area (Å²) in [6, 6.07) is 8.87. The molecule has 0 saturated carbocycles. The van der Waals surface area contributed by atoms with Crippen molar-refractivity contribution in [3.05, 3.63) is 42.0 Å². The van der Waals surface area contributed by atoms with Crippen molar-refractivity contribution < 1.29 is 0 Å². The van der Waals surface area contributed by atoms with E-state index >= 15 is 0 Å². The van der Waals surface area contributed by atoms with Gasteiger partial charge in [0.15, 0.2) is 0 Å². The van der Waals surface area contributed by atoms with Crippen molar-refractivity contribution >= 4 is 11.8 Å². The van der Waals surface area contributed by atoms with Crippen LogP contribution in [-0.4, -0.2) is 18.8 Å². The van der Waals surface area contributed by atoms with Gasteiger partial charge in [-0.25, -0.2) is 0 Å². The van der Waals surface area contributed by atoms with E-state index in [9.17, 15) is 0 Å². The van der Waals surface area contributed by atoms with E-state index in [1.54, 1.807) is 5.56 Å². The molecule has 1 nitrogen and oxygen atoms in total. The molecule has 18 heavy (non-hydrogen) atoms. The molecule has 0 spiro atoms. The Labute approximate surface area is 114 Å². The lowest BCUT2D eigenvalue weighted by Crippen LogP contribution is -2.28. The van der Waals surface area contributed by atoms with Crippen LogP contribution in [0.25, 0.3) is 0 Å². The zero-order valence-corrected chi connectivity index (χ0v) is 11.6. The maximum Gasteiger partial charge on any atom is 0.0108 e. The van der Waals surface area contributed by atoms with Gasteiger partial charge < -0.3 is 5.32 Å². The Balaban J connectivity index is 1.48. The summed E-state index contributed by atoms with van der Waals surface area (Å²) in [5.74, 6) is 2.82. The molecule has 2 unspecified atom stereocenters. The highest BCUT2D eigenvalue weighted by Gasteiger charge is 2.22. The van der Waals surface area contributed by atoms with Crippen LogP contribution in [0.5, 0.6) is 0 Å². The molecule has 0 bridgehead atoms. The minimum absolute atomic E-state index is 0.713. The average Bonchev–Trinajstić information content (AvgIpc) is 2.84. The first-order valence-electron chi connectivity index (χ1n) is 7.01. The van der Waals surface area contributed by atoms with Crippen molar-refractivity contribution in [1.82, 2.24) is 5.32 Å². The fraction of sp³-hybridized carbons (Fsp3) is 0.500. The van der Waals surface area contributed by atoms with Gasteiger partial charge in [-0.2, -0.15) is 0 Å². The highest BCUT2D eigenvalue weighted by Crippen LogP contribution is 2.38. The zero-order chi connectivity index (χ0) is 12.2. The molecule has 1 heterocycles. The maximum atomic E-state index is 3.69. The average molecular weight is 259 g/mol. The van der Waals surface area contributed by atoms with E-state index in [4.69, 9.17) is 0 Å². The fourth-order valence-electron chi connectivity index (χ4n) is 2.90. The number of benzene rings is 1. The fourth-order valence-corrected chi connectivity index (χ4v) is 4.16. The van der Waals surface area contributed by atoms with Crippen LogP contribution < -0.4 is 5.32 Å². The van der Waals surface area contributed by atoms with E-state index in [0.717, 1.165) is 12.5 Å². The quantitative estimate of drug-likeness (QED) is 0.825. The molecule has 1 aromatic carbocycles. The minimum Gasteiger partial charge on any atom is -0.316 e. The number of rotatable bonds is 4. The normalized spacial score (nSPS) is 26.2. The van der Waals surface area contributed by atoms with Crippen molar-refractivity contribution in [1.29, 1.82) is 0 Å². The molecular formula is C16H21NS. The second kappa shape index (κ2) is 5.94. The highest BCUT2D eigenvalue weighted by atomic mass is 32.2. The van der Waals surface area contributed by atoms with Gasteiger partial charge in [0.1, 0.15) is 0 Å². The van der Waals surface area contributed by atoms with Crippen molar-refractivity contribution in [3.8, 4) is 0 Å². The first-order chi connectivity index (χ1) is 8.93. The van der Waals surface area contributed by atoms with Gasteiger partial charge in [0.2, 0.25) is 0 Å². The lowest BCUT2D eigenvalue weighted by atomic mass is 9.94. The Bertz CT molecular complexity index is 427. The van der Waals surface area contributed by atoms with E-state index in [1.807, 2.05) is 11.8 Å². The first kappa shape index (κ1) is 12.3. The molecule has 0 fully saturated rings. The van der Waals surface area contributed by atoms with Gasteiger partial charge in [-0.3, -0.25) is 0 Å². The summed E-state index contributed by atoms with van der Waals surface area (Å²) < 4.78 is 0. The molecule has 96 valence electrons. The molecule has 2 atom stereocenters. The Morgan fingerprint density at radius 1 is 1.17 bits per heavy atom. The predicted molar refractivity (Wildman–Crippen MR) is 79.3 cm³/mol. The zero-order valence-electron chi connectivity index (χ0n) is 10.8. The molecule has 1 N–H and O–H groups in total.